The summed E-state index contributed by atoms with van der Waals surface area (Å²) in [5.74, 6) is 0.742. The third-order valence-electron chi connectivity index (χ3n) is 5.09. The lowest BCUT2D eigenvalue weighted by Gasteiger charge is -2.37. The van der Waals surface area contributed by atoms with Gasteiger partial charge in [0.1, 0.15) is 5.75 Å². The topological polar surface area (TPSA) is 61.9 Å². The molecule has 1 aliphatic rings. The first-order valence-electron chi connectivity index (χ1n) is 9.66. The summed E-state index contributed by atoms with van der Waals surface area (Å²) >= 11 is 3.42. The summed E-state index contributed by atoms with van der Waals surface area (Å²) < 4.78 is 6.41. The fourth-order valence-corrected chi connectivity index (χ4v) is 3.85. The summed E-state index contributed by atoms with van der Waals surface area (Å²) in [4.78, 5) is 28.7. The van der Waals surface area contributed by atoms with Crippen LogP contribution in [0.2, 0.25) is 0 Å². The Morgan fingerprint density at radius 2 is 1.72 bits per heavy atom. The molecule has 0 saturated carbocycles. The minimum absolute atomic E-state index is 0.0475. The van der Waals surface area contributed by atoms with Gasteiger partial charge in [0.05, 0.1) is 25.3 Å². The van der Waals surface area contributed by atoms with E-state index in [1.165, 1.54) is 6.92 Å². The van der Waals surface area contributed by atoms with Crippen LogP contribution in [0.4, 0.5) is 5.69 Å². The van der Waals surface area contributed by atoms with Gasteiger partial charge in [-0.15, -0.1) is 0 Å². The van der Waals surface area contributed by atoms with Crippen molar-refractivity contribution in [1.82, 2.24) is 10.2 Å². The zero-order valence-corrected chi connectivity index (χ0v) is 18.3. The predicted octanol–water partition coefficient (Wildman–Crippen LogP) is 3.37. The first kappa shape index (κ1) is 21.2. The van der Waals surface area contributed by atoms with Crippen LogP contribution in [-0.4, -0.2) is 50.0 Å². The van der Waals surface area contributed by atoms with Crippen molar-refractivity contribution < 1.29 is 14.3 Å². The Kier molecular flexibility index (Phi) is 7.14. The lowest BCUT2D eigenvalue weighted by atomic mass is 10.0. The van der Waals surface area contributed by atoms with Gasteiger partial charge in [0, 0.05) is 37.6 Å². The number of carbonyl (C=O) groups excluding carboxylic acids is 2. The molecule has 29 heavy (non-hydrogen) atoms. The Hall–Kier alpha value is -2.54. The maximum absolute atomic E-state index is 12.9. The molecule has 0 bridgehead atoms. The van der Waals surface area contributed by atoms with E-state index in [0.29, 0.717) is 13.1 Å². The monoisotopic (exact) mass is 459 g/mol. The van der Waals surface area contributed by atoms with Gasteiger partial charge in [-0.3, -0.25) is 9.59 Å². The van der Waals surface area contributed by atoms with Crippen molar-refractivity contribution in [3.8, 4) is 5.75 Å². The Morgan fingerprint density at radius 1 is 1.07 bits per heavy atom. The number of halogens is 1. The van der Waals surface area contributed by atoms with Gasteiger partial charge in [0.15, 0.2) is 0 Å². The van der Waals surface area contributed by atoms with Crippen molar-refractivity contribution in [1.29, 1.82) is 0 Å². The lowest BCUT2D eigenvalue weighted by molar-refractivity contribution is -0.132. The highest BCUT2D eigenvalue weighted by molar-refractivity contribution is 9.10. The van der Waals surface area contributed by atoms with Gasteiger partial charge in [-0.1, -0.05) is 40.2 Å². The van der Waals surface area contributed by atoms with E-state index in [-0.39, 0.29) is 24.3 Å². The minimum Gasteiger partial charge on any atom is -0.495 e. The molecule has 1 aliphatic heterocycles. The van der Waals surface area contributed by atoms with E-state index in [1.807, 2.05) is 53.4 Å². The zero-order valence-electron chi connectivity index (χ0n) is 16.7. The fraction of sp³-hybridized carbons (Fsp3) is 0.364. The van der Waals surface area contributed by atoms with Crippen molar-refractivity contribution in [3.05, 3.63) is 58.6 Å². The average Bonchev–Trinajstić information content (AvgIpc) is 2.73. The summed E-state index contributed by atoms with van der Waals surface area (Å²) in [6.45, 7) is 4.25. The van der Waals surface area contributed by atoms with Gasteiger partial charge >= 0.3 is 0 Å². The van der Waals surface area contributed by atoms with E-state index in [0.717, 1.165) is 34.6 Å². The molecule has 1 fully saturated rings. The standard InChI is InChI=1S/C22H26BrN3O3/c1-16(27)24-19(17-7-9-18(23)10-8-17)15-22(28)26-13-11-25(12-14-26)20-5-3-4-6-21(20)29-2/h3-10,19H,11-15H2,1-2H3,(H,24,27). The molecular formula is C22H26BrN3O3. The highest BCUT2D eigenvalue weighted by Gasteiger charge is 2.25. The smallest absolute Gasteiger partial charge is 0.225 e. The molecule has 1 heterocycles. The average molecular weight is 460 g/mol. The summed E-state index contributed by atoms with van der Waals surface area (Å²) in [5, 5.41) is 2.91. The molecule has 1 atom stereocenters. The highest BCUT2D eigenvalue weighted by atomic mass is 79.9. The number of rotatable bonds is 6. The van der Waals surface area contributed by atoms with Crippen LogP contribution in [0.25, 0.3) is 0 Å². The second-order valence-electron chi connectivity index (χ2n) is 7.05. The van der Waals surface area contributed by atoms with E-state index in [4.69, 9.17) is 4.74 Å². The number of benzene rings is 2. The van der Waals surface area contributed by atoms with Crippen LogP contribution < -0.4 is 15.0 Å². The minimum atomic E-state index is -0.333. The Labute approximate surface area is 180 Å². The first-order chi connectivity index (χ1) is 14.0. The number of carbonyl (C=O) groups is 2. The molecule has 2 amide bonds. The molecule has 1 unspecified atom stereocenters. The number of nitrogens with zero attached hydrogens (tertiary/aromatic N) is 2. The van der Waals surface area contributed by atoms with Crippen LogP contribution in [0.5, 0.6) is 5.75 Å². The van der Waals surface area contributed by atoms with E-state index in [9.17, 15) is 9.59 Å². The Morgan fingerprint density at radius 3 is 2.34 bits per heavy atom. The molecule has 2 aromatic rings. The molecule has 1 N–H and O–H groups in total. The van der Waals surface area contributed by atoms with E-state index < -0.39 is 0 Å². The van der Waals surface area contributed by atoms with Gasteiger partial charge in [-0.25, -0.2) is 0 Å². The SMILES string of the molecule is COc1ccccc1N1CCN(C(=O)CC(NC(C)=O)c2ccc(Br)cc2)CC1. The van der Waals surface area contributed by atoms with Gasteiger partial charge in [0.25, 0.3) is 0 Å². The van der Waals surface area contributed by atoms with Gasteiger partial charge in [-0.2, -0.15) is 0 Å². The molecular weight excluding hydrogens is 434 g/mol. The van der Waals surface area contributed by atoms with Crippen molar-refractivity contribution in [3.63, 3.8) is 0 Å². The van der Waals surface area contributed by atoms with Crippen molar-refractivity contribution in [2.45, 2.75) is 19.4 Å². The number of methoxy groups -OCH3 is 1. The van der Waals surface area contributed by atoms with E-state index in [2.05, 4.69) is 26.1 Å². The molecule has 0 aromatic heterocycles. The Balaban J connectivity index is 1.63. The second-order valence-corrected chi connectivity index (χ2v) is 7.96. The third kappa shape index (κ3) is 5.50. The summed E-state index contributed by atoms with van der Waals surface area (Å²) in [7, 11) is 1.67. The zero-order chi connectivity index (χ0) is 20.8. The largest absolute Gasteiger partial charge is 0.495 e. The number of anilines is 1. The molecule has 154 valence electrons. The number of hydrogen-bond acceptors (Lipinski definition) is 4. The Bertz CT molecular complexity index is 849. The molecule has 0 spiro atoms. The van der Waals surface area contributed by atoms with Gasteiger partial charge in [0.2, 0.25) is 11.8 Å². The number of para-hydroxylation sites is 2. The van der Waals surface area contributed by atoms with Crippen molar-refractivity contribution in [2.24, 2.45) is 0 Å². The third-order valence-corrected chi connectivity index (χ3v) is 5.62. The lowest BCUT2D eigenvalue weighted by Crippen LogP contribution is -2.49. The van der Waals surface area contributed by atoms with E-state index in [1.54, 1.807) is 7.11 Å². The van der Waals surface area contributed by atoms with Gasteiger partial charge in [-0.05, 0) is 29.8 Å². The normalized spacial score (nSPS) is 15.0. The second kappa shape index (κ2) is 9.78. The number of nitrogens with one attached hydrogen (secondary N) is 1. The van der Waals surface area contributed by atoms with Crippen LogP contribution in [0.3, 0.4) is 0 Å². The van der Waals surface area contributed by atoms with Crippen molar-refractivity contribution >= 4 is 33.4 Å². The molecule has 6 nitrogen and oxygen atoms in total. The number of amides is 2. The predicted molar refractivity (Wildman–Crippen MR) is 117 cm³/mol. The van der Waals surface area contributed by atoms with Crippen molar-refractivity contribution in [2.75, 3.05) is 38.2 Å². The highest BCUT2D eigenvalue weighted by Crippen LogP contribution is 2.28. The van der Waals surface area contributed by atoms with Crippen LogP contribution >= 0.6 is 15.9 Å². The molecule has 2 aromatic carbocycles. The van der Waals surface area contributed by atoms with Crippen LogP contribution in [0.15, 0.2) is 53.0 Å². The fourth-order valence-electron chi connectivity index (χ4n) is 3.58. The quantitative estimate of drug-likeness (QED) is 0.718. The number of piperazine rings is 1. The maximum atomic E-state index is 12.9. The summed E-state index contributed by atoms with van der Waals surface area (Å²) in [5.41, 5.74) is 1.97. The molecule has 7 heteroatoms. The van der Waals surface area contributed by atoms with E-state index >= 15 is 0 Å². The number of ether oxygens (including phenoxy) is 1. The molecule has 0 radical (unpaired) electrons. The van der Waals surface area contributed by atoms with Gasteiger partial charge < -0.3 is 19.9 Å². The molecule has 3 rings (SSSR count). The van der Waals surface area contributed by atoms with Crippen LogP contribution in [0, 0.1) is 0 Å². The maximum Gasteiger partial charge on any atom is 0.225 e. The van der Waals surface area contributed by atoms with Crippen LogP contribution in [-0.2, 0) is 9.59 Å². The molecule has 1 saturated heterocycles. The number of hydrogen-bond donors (Lipinski definition) is 1. The van der Waals surface area contributed by atoms with Crippen LogP contribution in [0.1, 0.15) is 24.9 Å². The molecule has 0 aliphatic carbocycles. The summed E-state index contributed by atoms with van der Waals surface area (Å²) in [6, 6.07) is 15.3. The first-order valence-corrected chi connectivity index (χ1v) is 10.5. The summed E-state index contributed by atoms with van der Waals surface area (Å²) in [6.07, 6.45) is 0.246.